The summed E-state index contributed by atoms with van der Waals surface area (Å²) in [5.41, 5.74) is 0.515. The van der Waals surface area contributed by atoms with Crippen LogP contribution in [-0.2, 0) is 19.1 Å². The second-order valence-corrected chi connectivity index (χ2v) is 7.23. The van der Waals surface area contributed by atoms with E-state index in [9.17, 15) is 9.59 Å². The Kier molecular flexibility index (Phi) is 2.44. The second kappa shape index (κ2) is 4.15. The fourth-order valence-electron chi connectivity index (χ4n) is 5.52. The zero-order valence-corrected chi connectivity index (χ0v) is 13.2. The Bertz CT molecular complexity index is 733. The van der Waals surface area contributed by atoms with Gasteiger partial charge in [-0.15, -0.1) is 0 Å². The molecular weight excluding hydrogens is 294 g/mol. The van der Waals surface area contributed by atoms with E-state index in [-0.39, 0.29) is 34.9 Å². The van der Waals surface area contributed by atoms with E-state index in [4.69, 9.17) is 9.47 Å². The van der Waals surface area contributed by atoms with Gasteiger partial charge < -0.3 is 9.47 Å². The molecule has 0 N–H and O–H groups in total. The van der Waals surface area contributed by atoms with E-state index in [1.807, 2.05) is 19.2 Å². The number of hydrogen-bond acceptors (Lipinski definition) is 5. The van der Waals surface area contributed by atoms with Crippen molar-refractivity contribution in [2.24, 2.45) is 17.3 Å². The number of rotatable bonds is 1. The van der Waals surface area contributed by atoms with Gasteiger partial charge in [-0.1, -0.05) is 12.2 Å². The van der Waals surface area contributed by atoms with Crippen LogP contribution in [0.4, 0.5) is 0 Å². The summed E-state index contributed by atoms with van der Waals surface area (Å²) in [5, 5.41) is 0. The van der Waals surface area contributed by atoms with Gasteiger partial charge in [0.25, 0.3) is 0 Å². The van der Waals surface area contributed by atoms with Crippen molar-refractivity contribution in [2.75, 3.05) is 20.7 Å². The van der Waals surface area contributed by atoms with Crippen molar-refractivity contribution < 1.29 is 19.1 Å². The van der Waals surface area contributed by atoms with E-state index >= 15 is 0 Å². The number of carbonyl (C=O) groups excluding carboxylic acids is 2. The zero-order chi connectivity index (χ0) is 15.9. The third kappa shape index (κ3) is 1.34. The van der Waals surface area contributed by atoms with Gasteiger partial charge in [-0.25, -0.2) is 0 Å². The van der Waals surface area contributed by atoms with Crippen molar-refractivity contribution in [1.29, 1.82) is 0 Å². The maximum atomic E-state index is 13.1. The number of allylic oxidation sites excluding steroid dienone is 2. The first-order valence-electron chi connectivity index (χ1n) is 8.20. The molecule has 2 heterocycles. The molecule has 0 aromatic rings. The van der Waals surface area contributed by atoms with Gasteiger partial charge in [-0.3, -0.25) is 14.5 Å². The number of hydrogen-bond donors (Lipinski definition) is 0. The Morgan fingerprint density at radius 2 is 2.22 bits per heavy atom. The lowest BCUT2D eigenvalue weighted by Crippen LogP contribution is -2.66. The SMILES string of the molecule is COC1=C2O[C@H]3C(=O)C=C[C@H]4[C@H]5C(=O)C(=CC1)C2[C@@]34CCN5C. The van der Waals surface area contributed by atoms with Crippen LogP contribution in [0.5, 0.6) is 0 Å². The Morgan fingerprint density at radius 1 is 1.39 bits per heavy atom. The zero-order valence-electron chi connectivity index (χ0n) is 13.2. The molecule has 5 nitrogen and oxygen atoms in total. The summed E-state index contributed by atoms with van der Waals surface area (Å²) in [5.74, 6) is 1.62. The third-order valence-electron chi connectivity index (χ3n) is 6.48. The number of ketones is 2. The second-order valence-electron chi connectivity index (χ2n) is 7.23. The van der Waals surface area contributed by atoms with Crippen molar-refractivity contribution in [3.63, 3.8) is 0 Å². The van der Waals surface area contributed by atoms with E-state index in [0.717, 1.165) is 30.1 Å². The van der Waals surface area contributed by atoms with Crippen LogP contribution in [0.2, 0.25) is 0 Å². The van der Waals surface area contributed by atoms with Gasteiger partial charge in [0.1, 0.15) is 11.5 Å². The molecule has 1 spiro atoms. The number of methoxy groups -OCH3 is 1. The van der Waals surface area contributed by atoms with Crippen molar-refractivity contribution in [3.8, 4) is 0 Å². The van der Waals surface area contributed by atoms with Crippen LogP contribution in [-0.4, -0.2) is 49.3 Å². The Hall–Kier alpha value is -1.88. The molecule has 3 aliphatic carbocycles. The Morgan fingerprint density at radius 3 is 3.00 bits per heavy atom. The molecule has 1 saturated carbocycles. The first kappa shape index (κ1) is 13.5. The largest absolute Gasteiger partial charge is 0.497 e. The summed E-state index contributed by atoms with van der Waals surface area (Å²) in [4.78, 5) is 27.8. The summed E-state index contributed by atoms with van der Waals surface area (Å²) in [7, 11) is 3.63. The summed E-state index contributed by atoms with van der Waals surface area (Å²) in [6, 6.07) is -0.176. The van der Waals surface area contributed by atoms with Crippen LogP contribution < -0.4 is 0 Å². The maximum Gasteiger partial charge on any atom is 0.196 e. The number of likely N-dealkylation sites (tertiary alicyclic amines) is 1. The average molecular weight is 313 g/mol. The number of piperidine rings is 1. The average Bonchev–Trinajstić information content (AvgIpc) is 2.90. The molecule has 0 aromatic heterocycles. The highest BCUT2D eigenvalue weighted by Crippen LogP contribution is 2.65. The van der Waals surface area contributed by atoms with Gasteiger partial charge in [0, 0.05) is 23.3 Å². The molecule has 2 bridgehead atoms. The minimum absolute atomic E-state index is 0.0237. The van der Waals surface area contributed by atoms with E-state index in [2.05, 4.69) is 4.90 Å². The van der Waals surface area contributed by atoms with Crippen molar-refractivity contribution in [3.05, 3.63) is 35.3 Å². The minimum atomic E-state index is -0.478. The molecule has 5 rings (SSSR count). The van der Waals surface area contributed by atoms with Gasteiger partial charge in [-0.05, 0) is 26.1 Å². The Labute approximate surface area is 134 Å². The van der Waals surface area contributed by atoms with E-state index in [0.29, 0.717) is 6.42 Å². The number of carbonyl (C=O) groups is 2. The predicted molar refractivity (Wildman–Crippen MR) is 81.2 cm³/mol. The fourth-order valence-corrected chi connectivity index (χ4v) is 5.52. The monoisotopic (exact) mass is 313 g/mol. The third-order valence-corrected chi connectivity index (χ3v) is 6.48. The predicted octanol–water partition coefficient (Wildman–Crippen LogP) is 1.22. The minimum Gasteiger partial charge on any atom is -0.497 e. The summed E-state index contributed by atoms with van der Waals surface area (Å²) in [6.07, 6.45) is 6.52. The van der Waals surface area contributed by atoms with Crippen molar-refractivity contribution in [1.82, 2.24) is 4.90 Å². The van der Waals surface area contributed by atoms with Gasteiger partial charge >= 0.3 is 0 Å². The van der Waals surface area contributed by atoms with Crippen LogP contribution in [0.25, 0.3) is 0 Å². The lowest BCUT2D eigenvalue weighted by atomic mass is 9.49. The molecule has 0 aromatic carbocycles. The fraction of sp³-hybridized carbons (Fsp3) is 0.556. The number of ether oxygens (including phenoxy) is 2. The number of Topliss-reactive ketones (excluding diaryl/α,β-unsaturated/α-hetero) is 1. The molecule has 5 aliphatic rings. The highest BCUT2D eigenvalue weighted by molar-refractivity contribution is 6.05. The van der Waals surface area contributed by atoms with E-state index in [1.165, 1.54) is 0 Å². The molecule has 2 saturated heterocycles. The summed E-state index contributed by atoms with van der Waals surface area (Å²) < 4.78 is 11.7. The molecule has 1 unspecified atom stereocenters. The van der Waals surface area contributed by atoms with Crippen molar-refractivity contribution >= 4 is 11.6 Å². The molecule has 5 atom stereocenters. The summed E-state index contributed by atoms with van der Waals surface area (Å²) >= 11 is 0. The van der Waals surface area contributed by atoms with E-state index in [1.54, 1.807) is 13.2 Å². The quantitative estimate of drug-likeness (QED) is 0.728. The lowest BCUT2D eigenvalue weighted by Gasteiger charge is -2.56. The highest BCUT2D eigenvalue weighted by Gasteiger charge is 2.71. The van der Waals surface area contributed by atoms with Gasteiger partial charge in [-0.2, -0.15) is 0 Å². The van der Waals surface area contributed by atoms with Crippen LogP contribution in [0.3, 0.4) is 0 Å². The van der Waals surface area contributed by atoms with Gasteiger partial charge in [0.15, 0.2) is 17.7 Å². The number of likely N-dealkylation sites (N-methyl/N-ethyl adjacent to an activating group) is 1. The number of nitrogens with zero attached hydrogens (tertiary/aromatic N) is 1. The molecule has 2 aliphatic heterocycles. The van der Waals surface area contributed by atoms with Crippen LogP contribution >= 0.6 is 0 Å². The molecule has 0 radical (unpaired) electrons. The van der Waals surface area contributed by atoms with Crippen LogP contribution in [0.15, 0.2) is 35.3 Å². The van der Waals surface area contributed by atoms with Crippen LogP contribution in [0.1, 0.15) is 12.8 Å². The van der Waals surface area contributed by atoms with Crippen LogP contribution in [0, 0.1) is 17.3 Å². The van der Waals surface area contributed by atoms with E-state index < -0.39 is 6.10 Å². The first-order valence-corrected chi connectivity index (χ1v) is 8.20. The molecular formula is C18H19NO4. The van der Waals surface area contributed by atoms with Crippen molar-refractivity contribution in [2.45, 2.75) is 25.0 Å². The molecule has 23 heavy (non-hydrogen) atoms. The molecule has 0 amide bonds. The lowest BCUT2D eigenvalue weighted by molar-refractivity contribution is -0.145. The van der Waals surface area contributed by atoms with Gasteiger partial charge in [0.05, 0.1) is 19.1 Å². The molecule has 5 heteroatoms. The first-order chi connectivity index (χ1) is 11.1. The topological polar surface area (TPSA) is 55.8 Å². The standard InChI is InChI=1S/C18H19NO4/c1-19-8-7-18-10-4-5-11(20)17(18)23-16-12(22-2)6-3-9(13(16)18)15(21)14(10)19/h3-5,10,13-14,17H,6-8H2,1-2H3/t10-,13?,14-,17-,18-/m0/s1. The summed E-state index contributed by atoms with van der Waals surface area (Å²) in [6.45, 7) is 0.813. The van der Waals surface area contributed by atoms with Gasteiger partial charge in [0.2, 0.25) is 0 Å². The maximum absolute atomic E-state index is 13.1. The molecule has 120 valence electrons. The smallest absolute Gasteiger partial charge is 0.196 e. The highest BCUT2D eigenvalue weighted by atomic mass is 16.5. The Balaban J connectivity index is 1.80. The molecule has 3 fully saturated rings. The normalized spacial score (nSPS) is 44.0.